The average Bonchev–Trinajstić information content (AvgIpc) is 2.82. The summed E-state index contributed by atoms with van der Waals surface area (Å²) in [6.07, 6.45) is 0. The van der Waals surface area contributed by atoms with Crippen LogP contribution in [0.3, 0.4) is 0 Å². The highest BCUT2D eigenvalue weighted by molar-refractivity contribution is 7.15. The zero-order valence-corrected chi connectivity index (χ0v) is 12.3. The minimum atomic E-state index is -0.396. The highest BCUT2D eigenvalue weighted by Gasteiger charge is 2.21. The monoisotopic (exact) mass is 291 g/mol. The van der Waals surface area contributed by atoms with E-state index in [4.69, 9.17) is 15.2 Å². The van der Waals surface area contributed by atoms with Gasteiger partial charge in [0, 0.05) is 16.5 Å². The topological polar surface area (TPSA) is 61.5 Å². The van der Waals surface area contributed by atoms with Crippen molar-refractivity contribution in [2.24, 2.45) is 0 Å². The summed E-state index contributed by atoms with van der Waals surface area (Å²) in [5.74, 6) is 0.339. The predicted molar refractivity (Wildman–Crippen MR) is 81.3 cm³/mol. The lowest BCUT2D eigenvalue weighted by Gasteiger charge is -2.10. The van der Waals surface area contributed by atoms with Crippen LogP contribution in [0.1, 0.15) is 24.2 Å². The van der Waals surface area contributed by atoms with E-state index < -0.39 is 5.97 Å². The Labute approximate surface area is 122 Å². The molecule has 0 radical (unpaired) electrons. The van der Waals surface area contributed by atoms with Gasteiger partial charge in [-0.25, -0.2) is 4.79 Å². The lowest BCUT2D eigenvalue weighted by molar-refractivity contribution is 0.0529. The van der Waals surface area contributed by atoms with Gasteiger partial charge in [-0.2, -0.15) is 0 Å². The normalized spacial score (nSPS) is 10.3. The number of ether oxygens (including phenoxy) is 2. The third-order valence-electron chi connectivity index (χ3n) is 2.78. The molecule has 2 aromatic rings. The molecule has 0 fully saturated rings. The van der Waals surface area contributed by atoms with Gasteiger partial charge in [0.1, 0.15) is 16.3 Å². The van der Waals surface area contributed by atoms with Crippen molar-refractivity contribution in [3.8, 4) is 16.9 Å². The van der Waals surface area contributed by atoms with E-state index in [1.165, 1.54) is 11.3 Å². The van der Waals surface area contributed by atoms with Gasteiger partial charge in [-0.05, 0) is 19.9 Å². The van der Waals surface area contributed by atoms with Crippen LogP contribution in [-0.4, -0.2) is 19.2 Å². The number of carbonyl (C=O) groups excluding carboxylic acids is 1. The Morgan fingerprint density at radius 2 is 1.95 bits per heavy atom. The highest BCUT2D eigenvalue weighted by atomic mass is 32.1. The Morgan fingerprint density at radius 1 is 1.20 bits per heavy atom. The Morgan fingerprint density at radius 3 is 2.65 bits per heavy atom. The SMILES string of the molecule is CCOC(=O)c1c(-c2ccccc2OCC)csc1N. The second-order valence-electron chi connectivity index (χ2n) is 4.04. The fourth-order valence-corrected chi connectivity index (χ4v) is 2.76. The summed E-state index contributed by atoms with van der Waals surface area (Å²) < 4.78 is 10.7. The minimum absolute atomic E-state index is 0.320. The van der Waals surface area contributed by atoms with E-state index in [0.717, 1.165) is 16.9 Å². The Hall–Kier alpha value is -2.01. The van der Waals surface area contributed by atoms with E-state index >= 15 is 0 Å². The van der Waals surface area contributed by atoms with E-state index in [2.05, 4.69) is 0 Å². The van der Waals surface area contributed by atoms with Gasteiger partial charge in [0.2, 0.25) is 0 Å². The first-order valence-electron chi connectivity index (χ1n) is 6.45. The largest absolute Gasteiger partial charge is 0.493 e. The molecule has 1 aromatic heterocycles. The molecule has 0 spiro atoms. The van der Waals surface area contributed by atoms with Crippen LogP contribution in [0.2, 0.25) is 0 Å². The average molecular weight is 291 g/mol. The van der Waals surface area contributed by atoms with Gasteiger partial charge in [0.15, 0.2) is 0 Å². The number of para-hydroxylation sites is 1. The molecule has 0 aliphatic rings. The van der Waals surface area contributed by atoms with Crippen molar-refractivity contribution in [2.45, 2.75) is 13.8 Å². The molecule has 106 valence electrons. The van der Waals surface area contributed by atoms with Crippen LogP contribution < -0.4 is 10.5 Å². The van der Waals surface area contributed by atoms with E-state index in [-0.39, 0.29) is 0 Å². The van der Waals surface area contributed by atoms with Crippen molar-refractivity contribution in [2.75, 3.05) is 18.9 Å². The predicted octanol–water partition coefficient (Wildman–Crippen LogP) is 3.57. The van der Waals surface area contributed by atoms with Crippen LogP contribution in [0, 0.1) is 0 Å². The molecule has 5 heteroatoms. The maximum absolute atomic E-state index is 12.1. The third-order valence-corrected chi connectivity index (χ3v) is 3.59. The van der Waals surface area contributed by atoms with Crippen molar-refractivity contribution in [1.29, 1.82) is 0 Å². The smallest absolute Gasteiger partial charge is 0.341 e. The number of esters is 1. The van der Waals surface area contributed by atoms with Crippen molar-refractivity contribution < 1.29 is 14.3 Å². The van der Waals surface area contributed by atoms with Gasteiger partial charge in [-0.3, -0.25) is 0 Å². The highest BCUT2D eigenvalue weighted by Crippen LogP contribution is 2.38. The first kappa shape index (κ1) is 14.4. The second-order valence-corrected chi connectivity index (χ2v) is 4.95. The fraction of sp³-hybridized carbons (Fsp3) is 0.267. The van der Waals surface area contributed by atoms with Crippen molar-refractivity contribution in [3.63, 3.8) is 0 Å². The number of anilines is 1. The molecule has 0 saturated heterocycles. The van der Waals surface area contributed by atoms with E-state index in [1.54, 1.807) is 6.92 Å². The first-order valence-corrected chi connectivity index (χ1v) is 7.33. The molecule has 4 nitrogen and oxygen atoms in total. The second kappa shape index (κ2) is 6.43. The zero-order valence-electron chi connectivity index (χ0n) is 11.5. The molecule has 0 unspecified atom stereocenters. The van der Waals surface area contributed by atoms with E-state index in [1.807, 2.05) is 36.6 Å². The molecular weight excluding hydrogens is 274 g/mol. The van der Waals surface area contributed by atoms with Gasteiger partial charge in [-0.1, -0.05) is 18.2 Å². The number of nitrogens with two attached hydrogens (primary N) is 1. The van der Waals surface area contributed by atoms with E-state index in [0.29, 0.717) is 23.8 Å². The van der Waals surface area contributed by atoms with Crippen LogP contribution in [0.5, 0.6) is 5.75 Å². The molecule has 1 heterocycles. The van der Waals surface area contributed by atoms with Crippen LogP contribution >= 0.6 is 11.3 Å². The van der Waals surface area contributed by atoms with Gasteiger partial charge in [-0.15, -0.1) is 11.3 Å². The van der Waals surface area contributed by atoms with Crippen LogP contribution in [-0.2, 0) is 4.74 Å². The molecule has 0 aliphatic heterocycles. The minimum Gasteiger partial charge on any atom is -0.493 e. The van der Waals surface area contributed by atoms with Crippen LogP contribution in [0.25, 0.3) is 11.1 Å². The zero-order chi connectivity index (χ0) is 14.5. The molecule has 0 aliphatic carbocycles. The summed E-state index contributed by atoms with van der Waals surface area (Å²) in [7, 11) is 0. The third kappa shape index (κ3) is 2.77. The van der Waals surface area contributed by atoms with Crippen molar-refractivity contribution in [3.05, 3.63) is 35.2 Å². The fourth-order valence-electron chi connectivity index (χ4n) is 1.96. The summed E-state index contributed by atoms with van der Waals surface area (Å²) >= 11 is 1.33. The van der Waals surface area contributed by atoms with Crippen LogP contribution in [0.4, 0.5) is 5.00 Å². The first-order chi connectivity index (χ1) is 9.69. The maximum Gasteiger partial charge on any atom is 0.341 e. The van der Waals surface area contributed by atoms with Crippen molar-refractivity contribution >= 4 is 22.3 Å². The standard InChI is InChI=1S/C15H17NO3S/c1-3-18-12-8-6-5-7-10(12)11-9-20-14(16)13(11)15(17)19-4-2/h5-9H,3-4,16H2,1-2H3. The molecule has 2 rings (SSSR count). The lowest BCUT2D eigenvalue weighted by Crippen LogP contribution is -2.07. The molecule has 1 aromatic carbocycles. The number of hydrogen-bond acceptors (Lipinski definition) is 5. The quantitative estimate of drug-likeness (QED) is 0.855. The number of rotatable bonds is 5. The van der Waals surface area contributed by atoms with E-state index in [9.17, 15) is 4.79 Å². The summed E-state index contributed by atoms with van der Waals surface area (Å²) in [5, 5.41) is 2.32. The Kier molecular flexibility index (Phi) is 4.63. The van der Waals surface area contributed by atoms with Gasteiger partial charge in [0.25, 0.3) is 0 Å². The van der Waals surface area contributed by atoms with Gasteiger partial charge >= 0.3 is 5.97 Å². The molecule has 2 N–H and O–H groups in total. The van der Waals surface area contributed by atoms with Gasteiger partial charge in [0.05, 0.1) is 13.2 Å². The lowest BCUT2D eigenvalue weighted by atomic mass is 10.0. The summed E-state index contributed by atoms with van der Waals surface area (Å²) in [6.45, 7) is 4.57. The molecule has 0 atom stereocenters. The molecule has 20 heavy (non-hydrogen) atoms. The maximum atomic E-state index is 12.1. The number of thiophene rings is 1. The summed E-state index contributed by atoms with van der Waals surface area (Å²) in [4.78, 5) is 12.1. The van der Waals surface area contributed by atoms with Gasteiger partial charge < -0.3 is 15.2 Å². The summed E-state index contributed by atoms with van der Waals surface area (Å²) in [6, 6.07) is 7.59. The number of hydrogen-bond donors (Lipinski definition) is 1. The number of carbonyl (C=O) groups is 1. The number of nitrogen functional groups attached to an aromatic ring is 1. The van der Waals surface area contributed by atoms with Crippen LogP contribution in [0.15, 0.2) is 29.6 Å². The molecule has 0 saturated carbocycles. The Balaban J connectivity index is 2.51. The molecule has 0 bridgehead atoms. The number of benzene rings is 1. The molecular formula is C15H17NO3S. The summed E-state index contributed by atoms with van der Waals surface area (Å²) in [5.41, 5.74) is 7.94. The van der Waals surface area contributed by atoms with Crippen molar-refractivity contribution in [1.82, 2.24) is 0 Å². The molecule has 0 amide bonds. The Bertz CT molecular complexity index is 607.